The van der Waals surface area contributed by atoms with E-state index in [1.165, 1.54) is 13.3 Å². The molecule has 0 radical (unpaired) electrons. The summed E-state index contributed by atoms with van der Waals surface area (Å²) in [6, 6.07) is 1.64. The molecule has 0 aromatic carbocycles. The van der Waals surface area contributed by atoms with Crippen molar-refractivity contribution < 1.29 is 9.53 Å². The van der Waals surface area contributed by atoms with Gasteiger partial charge in [0.25, 0.3) is 0 Å². The number of hydrogen-bond donors (Lipinski definition) is 0. The van der Waals surface area contributed by atoms with Crippen LogP contribution in [-0.2, 0) is 10.3 Å². The minimum atomic E-state index is -0.441. The number of carbonyl (C=O) groups excluding carboxylic acids is 1. The second-order valence-corrected chi connectivity index (χ2v) is 5.32. The first-order valence-corrected chi connectivity index (χ1v) is 5.85. The average molecular weight is 268 g/mol. The fourth-order valence-electron chi connectivity index (χ4n) is 1.66. The number of fused-ring (bicyclic) bond motifs is 1. The summed E-state index contributed by atoms with van der Waals surface area (Å²) in [7, 11) is 1.33. The van der Waals surface area contributed by atoms with E-state index in [4.69, 9.17) is 11.6 Å². The maximum Gasteiger partial charge on any atom is 0.339 e. The summed E-state index contributed by atoms with van der Waals surface area (Å²) in [5, 5.41) is 5.23. The summed E-state index contributed by atoms with van der Waals surface area (Å²) in [4.78, 5) is 15.7. The minimum absolute atomic E-state index is 0.231. The van der Waals surface area contributed by atoms with Gasteiger partial charge in [-0.1, -0.05) is 11.6 Å². The van der Waals surface area contributed by atoms with Gasteiger partial charge in [-0.3, -0.25) is 0 Å². The zero-order valence-corrected chi connectivity index (χ0v) is 11.4. The van der Waals surface area contributed by atoms with Gasteiger partial charge in [-0.2, -0.15) is 5.10 Å². The Bertz CT molecular complexity index is 614. The van der Waals surface area contributed by atoms with Gasteiger partial charge in [0.1, 0.15) is 0 Å². The Morgan fingerprint density at radius 3 is 2.67 bits per heavy atom. The number of methoxy groups -OCH3 is 1. The third kappa shape index (κ3) is 2.06. The molecule has 0 unspecified atom stereocenters. The second-order valence-electron chi connectivity index (χ2n) is 4.96. The van der Waals surface area contributed by atoms with E-state index in [2.05, 4.69) is 14.8 Å². The summed E-state index contributed by atoms with van der Waals surface area (Å²) in [5.74, 6) is -0.441. The number of rotatable bonds is 1. The molecule has 2 aromatic rings. The smallest absolute Gasteiger partial charge is 0.339 e. The normalized spacial score (nSPS) is 11.8. The number of halogens is 1. The lowest BCUT2D eigenvalue weighted by Crippen LogP contribution is -2.23. The van der Waals surface area contributed by atoms with E-state index in [9.17, 15) is 4.79 Å². The maximum absolute atomic E-state index is 11.4. The van der Waals surface area contributed by atoms with Crippen molar-refractivity contribution in [3.63, 3.8) is 0 Å². The molecule has 0 aliphatic heterocycles. The average Bonchev–Trinajstić information content (AvgIpc) is 2.65. The van der Waals surface area contributed by atoms with Crippen molar-refractivity contribution in [2.45, 2.75) is 26.3 Å². The number of carbonyl (C=O) groups is 1. The molecule has 2 aromatic heterocycles. The van der Waals surface area contributed by atoms with E-state index in [0.29, 0.717) is 21.7 Å². The van der Waals surface area contributed by atoms with E-state index < -0.39 is 5.97 Å². The summed E-state index contributed by atoms with van der Waals surface area (Å²) < 4.78 is 6.39. The van der Waals surface area contributed by atoms with Crippen molar-refractivity contribution >= 4 is 28.6 Å². The second kappa shape index (κ2) is 4.24. The van der Waals surface area contributed by atoms with Crippen LogP contribution in [0.4, 0.5) is 0 Å². The Hall–Kier alpha value is -1.62. The molecule has 5 nitrogen and oxygen atoms in total. The van der Waals surface area contributed by atoms with Crippen molar-refractivity contribution in [1.82, 2.24) is 14.8 Å². The third-order valence-corrected chi connectivity index (χ3v) is 2.81. The van der Waals surface area contributed by atoms with Gasteiger partial charge in [-0.05, 0) is 26.8 Å². The molecule has 0 saturated heterocycles. The van der Waals surface area contributed by atoms with Crippen LogP contribution < -0.4 is 0 Å². The Morgan fingerprint density at radius 2 is 2.11 bits per heavy atom. The van der Waals surface area contributed by atoms with Crippen LogP contribution >= 0.6 is 11.6 Å². The van der Waals surface area contributed by atoms with Gasteiger partial charge >= 0.3 is 5.97 Å². The maximum atomic E-state index is 11.4. The standard InChI is InChI=1S/C12H14ClN3O2/c1-12(2,3)16-10-8(9(13)15-16)5-7(6-14-10)11(17)18-4/h5-6H,1-4H3. The number of ether oxygens (including phenoxy) is 1. The van der Waals surface area contributed by atoms with Crippen LogP contribution in [0.2, 0.25) is 5.15 Å². The van der Waals surface area contributed by atoms with Gasteiger partial charge in [-0.15, -0.1) is 0 Å². The first-order valence-electron chi connectivity index (χ1n) is 5.47. The molecule has 0 N–H and O–H groups in total. The van der Waals surface area contributed by atoms with Crippen molar-refractivity contribution in [2.24, 2.45) is 0 Å². The lowest BCUT2D eigenvalue weighted by Gasteiger charge is -2.19. The van der Waals surface area contributed by atoms with E-state index in [1.807, 2.05) is 20.8 Å². The first-order chi connectivity index (χ1) is 8.34. The SMILES string of the molecule is COC(=O)c1cnc2c(c1)c(Cl)nn2C(C)(C)C. The molecule has 2 heterocycles. The molecule has 6 heteroatoms. The van der Waals surface area contributed by atoms with Crippen LogP contribution in [-0.4, -0.2) is 27.8 Å². The molecule has 18 heavy (non-hydrogen) atoms. The molecule has 0 atom stereocenters. The molecular weight excluding hydrogens is 254 g/mol. The molecule has 0 amide bonds. The molecule has 0 bridgehead atoms. The molecule has 0 spiro atoms. The highest BCUT2D eigenvalue weighted by Gasteiger charge is 2.21. The molecule has 0 aliphatic carbocycles. The quantitative estimate of drug-likeness (QED) is 0.746. The van der Waals surface area contributed by atoms with Crippen LogP contribution in [0.15, 0.2) is 12.3 Å². The molecular formula is C12H14ClN3O2. The molecule has 0 aliphatic rings. The zero-order chi connectivity index (χ0) is 13.5. The lowest BCUT2D eigenvalue weighted by molar-refractivity contribution is 0.0600. The lowest BCUT2D eigenvalue weighted by atomic mass is 10.1. The molecule has 96 valence electrons. The Morgan fingerprint density at radius 1 is 1.44 bits per heavy atom. The van der Waals surface area contributed by atoms with Crippen molar-refractivity contribution in [3.8, 4) is 0 Å². The number of aromatic nitrogens is 3. The monoisotopic (exact) mass is 267 g/mol. The summed E-state index contributed by atoms with van der Waals surface area (Å²) >= 11 is 6.08. The van der Waals surface area contributed by atoms with Crippen molar-refractivity contribution in [2.75, 3.05) is 7.11 Å². The van der Waals surface area contributed by atoms with Gasteiger partial charge < -0.3 is 4.74 Å². The van der Waals surface area contributed by atoms with Crippen LogP contribution in [0, 0.1) is 0 Å². The first kappa shape index (κ1) is 12.8. The fourth-order valence-corrected chi connectivity index (χ4v) is 1.88. The van der Waals surface area contributed by atoms with Crippen molar-refractivity contribution in [3.05, 3.63) is 23.0 Å². The zero-order valence-electron chi connectivity index (χ0n) is 10.7. The van der Waals surface area contributed by atoms with E-state index in [1.54, 1.807) is 10.7 Å². The summed E-state index contributed by atoms with van der Waals surface area (Å²) in [6.07, 6.45) is 1.47. The number of pyridine rings is 1. The van der Waals surface area contributed by atoms with Gasteiger partial charge in [-0.25, -0.2) is 14.5 Å². The van der Waals surface area contributed by atoms with Crippen LogP contribution in [0.5, 0.6) is 0 Å². The Kier molecular flexibility index (Phi) is 3.02. The summed E-state index contributed by atoms with van der Waals surface area (Å²) in [5.41, 5.74) is 0.783. The minimum Gasteiger partial charge on any atom is -0.465 e. The number of nitrogens with zero attached hydrogens (tertiary/aromatic N) is 3. The molecule has 2 rings (SSSR count). The van der Waals surface area contributed by atoms with E-state index in [0.717, 1.165) is 0 Å². The highest BCUT2D eigenvalue weighted by Crippen LogP contribution is 2.27. The molecule has 0 saturated carbocycles. The highest BCUT2D eigenvalue weighted by molar-refractivity contribution is 6.34. The fraction of sp³-hybridized carbons (Fsp3) is 0.417. The Labute approximate surface area is 110 Å². The summed E-state index contributed by atoms with van der Waals surface area (Å²) in [6.45, 7) is 6.02. The van der Waals surface area contributed by atoms with Gasteiger partial charge in [0.05, 0.1) is 23.6 Å². The predicted molar refractivity (Wildman–Crippen MR) is 68.9 cm³/mol. The van der Waals surface area contributed by atoms with Crippen LogP contribution in [0.3, 0.4) is 0 Å². The van der Waals surface area contributed by atoms with Gasteiger partial charge in [0.15, 0.2) is 10.8 Å². The number of hydrogen-bond acceptors (Lipinski definition) is 4. The molecule has 0 fully saturated rings. The highest BCUT2D eigenvalue weighted by atomic mass is 35.5. The topological polar surface area (TPSA) is 57.0 Å². The Balaban J connectivity index is 2.66. The van der Waals surface area contributed by atoms with Crippen LogP contribution in [0.25, 0.3) is 11.0 Å². The van der Waals surface area contributed by atoms with Crippen LogP contribution in [0.1, 0.15) is 31.1 Å². The number of esters is 1. The van der Waals surface area contributed by atoms with E-state index in [-0.39, 0.29) is 5.54 Å². The van der Waals surface area contributed by atoms with E-state index >= 15 is 0 Å². The predicted octanol–water partition coefficient (Wildman–Crippen LogP) is 2.63. The largest absolute Gasteiger partial charge is 0.465 e. The van der Waals surface area contributed by atoms with Crippen molar-refractivity contribution in [1.29, 1.82) is 0 Å². The van der Waals surface area contributed by atoms with Gasteiger partial charge in [0, 0.05) is 6.20 Å². The van der Waals surface area contributed by atoms with Gasteiger partial charge in [0.2, 0.25) is 0 Å². The third-order valence-electron chi connectivity index (χ3n) is 2.53.